The number of benzene rings is 2. The summed E-state index contributed by atoms with van der Waals surface area (Å²) in [4.78, 5) is 20.0. The molecule has 3 aromatic heterocycles. The van der Waals surface area contributed by atoms with Gasteiger partial charge in [-0.25, -0.2) is 19.9 Å². The minimum Gasteiger partial charge on any atom is -0.367 e. The van der Waals surface area contributed by atoms with E-state index in [1.807, 2.05) is 36.4 Å². The van der Waals surface area contributed by atoms with Gasteiger partial charge in [-0.15, -0.1) is 0 Å². The normalized spacial score (nSPS) is 13.9. The second-order valence-corrected chi connectivity index (χ2v) is 9.90. The Kier molecular flexibility index (Phi) is 7.09. The van der Waals surface area contributed by atoms with Crippen LogP contribution in [0.15, 0.2) is 85.2 Å². The van der Waals surface area contributed by atoms with E-state index in [2.05, 4.69) is 73.7 Å². The zero-order chi connectivity index (χ0) is 27.3. The summed E-state index contributed by atoms with van der Waals surface area (Å²) < 4.78 is 0. The molecule has 40 heavy (non-hydrogen) atoms. The van der Waals surface area contributed by atoms with Crippen molar-refractivity contribution < 1.29 is 0 Å². The number of nitrogens with one attached hydrogen (secondary N) is 1. The van der Waals surface area contributed by atoms with Gasteiger partial charge in [-0.3, -0.25) is 4.90 Å². The highest BCUT2D eigenvalue weighted by Gasteiger charge is 2.20. The van der Waals surface area contributed by atoms with Crippen molar-refractivity contribution in [3.05, 3.63) is 102 Å². The van der Waals surface area contributed by atoms with Crippen LogP contribution in [0.5, 0.6) is 0 Å². The maximum atomic E-state index is 9.32. The lowest BCUT2D eigenvalue weighted by Gasteiger charge is -2.32. The summed E-state index contributed by atoms with van der Waals surface area (Å²) in [5.41, 5.74) is 6.38. The first kappa shape index (κ1) is 25.1. The number of anilines is 1. The van der Waals surface area contributed by atoms with E-state index >= 15 is 0 Å². The van der Waals surface area contributed by atoms with Crippen LogP contribution in [0.2, 0.25) is 0 Å². The molecule has 1 N–H and O–H groups in total. The number of pyridine rings is 2. The Morgan fingerprint density at radius 1 is 0.850 bits per heavy atom. The average molecular weight is 523 g/mol. The van der Waals surface area contributed by atoms with Crippen LogP contribution in [0.4, 0.5) is 5.82 Å². The van der Waals surface area contributed by atoms with Crippen molar-refractivity contribution >= 4 is 16.9 Å². The Balaban J connectivity index is 1.17. The minimum absolute atomic E-state index is 0.185. The number of likely N-dealkylation sites (tertiary alicyclic amines) is 1. The highest BCUT2D eigenvalue weighted by atomic mass is 15.1. The van der Waals surface area contributed by atoms with Crippen molar-refractivity contribution in [1.82, 2.24) is 24.8 Å². The Labute approximate surface area is 232 Å². The van der Waals surface area contributed by atoms with Gasteiger partial charge in [-0.1, -0.05) is 54.6 Å². The maximum Gasteiger partial charge on any atom is 0.234 e. The highest BCUT2D eigenvalue weighted by molar-refractivity contribution is 5.90. The summed E-state index contributed by atoms with van der Waals surface area (Å²) in [5, 5.41) is 22.6. The molecule has 1 aliphatic rings. The molecule has 1 fully saturated rings. The maximum absolute atomic E-state index is 9.32. The fraction of sp³-hybridized carbons (Fsp3) is 0.188. The predicted octanol–water partition coefficient (Wildman–Crippen LogP) is 5.57. The Hall–Kier alpha value is -5.18. The lowest BCUT2D eigenvalue weighted by Crippen LogP contribution is -2.38. The quantitative estimate of drug-likeness (QED) is 0.308. The number of nitrogens with zero attached hydrogens (tertiary/aromatic N) is 7. The zero-order valence-electron chi connectivity index (χ0n) is 21.8. The highest BCUT2D eigenvalue weighted by Crippen LogP contribution is 2.33. The van der Waals surface area contributed by atoms with Gasteiger partial charge in [-0.05, 0) is 42.2 Å². The molecular formula is C32H26N8. The molecule has 1 aliphatic heterocycles. The molecule has 1 saturated heterocycles. The van der Waals surface area contributed by atoms with Crippen LogP contribution in [-0.4, -0.2) is 44.0 Å². The number of fused-ring (bicyclic) bond motifs is 1. The molecule has 2 aromatic carbocycles. The number of nitriles is 2. The largest absolute Gasteiger partial charge is 0.367 e. The first-order valence-electron chi connectivity index (χ1n) is 13.3. The smallest absolute Gasteiger partial charge is 0.234 e. The predicted molar refractivity (Wildman–Crippen MR) is 154 cm³/mol. The molecule has 4 heterocycles. The van der Waals surface area contributed by atoms with Gasteiger partial charge >= 0.3 is 0 Å². The second-order valence-electron chi connectivity index (χ2n) is 9.90. The Morgan fingerprint density at radius 2 is 1.65 bits per heavy atom. The zero-order valence-corrected chi connectivity index (χ0v) is 21.8. The van der Waals surface area contributed by atoms with Gasteiger partial charge in [0.1, 0.15) is 18.0 Å². The lowest BCUT2D eigenvalue weighted by molar-refractivity contribution is 0.211. The third-order valence-electron chi connectivity index (χ3n) is 7.21. The average Bonchev–Trinajstić information content (AvgIpc) is 3.02. The molecule has 5 aromatic rings. The SMILES string of the molecule is N#Cc1cnc2nc(-c3ccc(CN4CCC(Nc5ccnc(C#N)n5)CC4)cc3)c(-c3ccccc3)cc2c1. The van der Waals surface area contributed by atoms with Crippen LogP contribution in [0, 0.1) is 22.7 Å². The fourth-order valence-electron chi connectivity index (χ4n) is 5.15. The van der Waals surface area contributed by atoms with Crippen LogP contribution in [0.25, 0.3) is 33.4 Å². The molecule has 0 amide bonds. The molecule has 8 heteroatoms. The first-order chi connectivity index (χ1) is 19.7. The first-order valence-corrected chi connectivity index (χ1v) is 13.3. The summed E-state index contributed by atoms with van der Waals surface area (Å²) in [6.07, 6.45) is 5.20. The second kappa shape index (κ2) is 11.3. The van der Waals surface area contributed by atoms with Gasteiger partial charge < -0.3 is 5.32 Å². The van der Waals surface area contributed by atoms with E-state index in [9.17, 15) is 5.26 Å². The third-order valence-corrected chi connectivity index (χ3v) is 7.21. The monoisotopic (exact) mass is 522 g/mol. The summed E-state index contributed by atoms with van der Waals surface area (Å²) in [7, 11) is 0. The minimum atomic E-state index is 0.185. The van der Waals surface area contributed by atoms with E-state index in [4.69, 9.17) is 10.2 Å². The van der Waals surface area contributed by atoms with Crippen LogP contribution in [0.1, 0.15) is 29.8 Å². The van der Waals surface area contributed by atoms with Crippen molar-refractivity contribution in [2.45, 2.75) is 25.4 Å². The van der Waals surface area contributed by atoms with Crippen molar-refractivity contribution in [3.8, 4) is 34.5 Å². The number of hydrogen-bond donors (Lipinski definition) is 1. The van der Waals surface area contributed by atoms with Gasteiger partial charge in [0.25, 0.3) is 0 Å². The molecule has 0 unspecified atom stereocenters. The topological polar surface area (TPSA) is 114 Å². The van der Waals surface area contributed by atoms with Gasteiger partial charge in [0.05, 0.1) is 11.3 Å². The molecule has 0 radical (unpaired) electrons. The van der Waals surface area contributed by atoms with E-state index in [-0.39, 0.29) is 5.82 Å². The molecule has 0 spiro atoms. The van der Waals surface area contributed by atoms with Gasteiger partial charge in [0.2, 0.25) is 5.82 Å². The Bertz CT molecular complexity index is 1730. The molecule has 194 valence electrons. The standard InChI is InChI=1S/C32H26N8/c33-18-23-16-26-17-28(24-4-2-1-3-5-24)31(39-32(26)36-20-23)25-8-6-22(7-9-25)21-40-14-11-27(12-15-40)37-29-10-13-35-30(19-34)38-29/h1-10,13,16-17,20,27H,11-12,14-15,21H2,(H,35,37,38). The molecular weight excluding hydrogens is 496 g/mol. The van der Waals surface area contributed by atoms with Gasteiger partial charge in [0.15, 0.2) is 5.65 Å². The number of rotatable bonds is 6. The van der Waals surface area contributed by atoms with E-state index in [1.165, 1.54) is 5.56 Å². The van der Waals surface area contributed by atoms with Crippen molar-refractivity contribution in [3.63, 3.8) is 0 Å². The summed E-state index contributed by atoms with van der Waals surface area (Å²) >= 11 is 0. The van der Waals surface area contributed by atoms with Crippen LogP contribution >= 0.6 is 0 Å². The summed E-state index contributed by atoms with van der Waals surface area (Å²) in [6, 6.07) is 29.0. The van der Waals surface area contributed by atoms with Crippen molar-refractivity contribution in [2.24, 2.45) is 0 Å². The third kappa shape index (κ3) is 5.49. The van der Waals surface area contributed by atoms with Crippen LogP contribution < -0.4 is 5.32 Å². The van der Waals surface area contributed by atoms with Crippen molar-refractivity contribution in [1.29, 1.82) is 10.5 Å². The van der Waals surface area contributed by atoms with E-state index < -0.39 is 0 Å². The van der Waals surface area contributed by atoms with Crippen molar-refractivity contribution in [2.75, 3.05) is 18.4 Å². The lowest BCUT2D eigenvalue weighted by atomic mass is 9.97. The molecule has 8 nitrogen and oxygen atoms in total. The number of hydrogen-bond acceptors (Lipinski definition) is 8. The summed E-state index contributed by atoms with van der Waals surface area (Å²) in [5.74, 6) is 0.892. The molecule has 0 saturated carbocycles. The Morgan fingerprint density at radius 3 is 2.40 bits per heavy atom. The van der Waals surface area contributed by atoms with E-state index in [0.717, 1.165) is 60.2 Å². The molecule has 0 atom stereocenters. The fourth-order valence-corrected chi connectivity index (χ4v) is 5.15. The van der Waals surface area contributed by atoms with Crippen LogP contribution in [0.3, 0.4) is 0 Å². The number of piperidine rings is 1. The molecule has 6 rings (SSSR count). The van der Waals surface area contributed by atoms with Gasteiger partial charge in [0, 0.05) is 54.6 Å². The molecule has 0 bridgehead atoms. The van der Waals surface area contributed by atoms with Crippen LogP contribution in [-0.2, 0) is 6.54 Å². The molecule has 0 aliphatic carbocycles. The van der Waals surface area contributed by atoms with E-state index in [0.29, 0.717) is 23.1 Å². The number of aromatic nitrogens is 4. The summed E-state index contributed by atoms with van der Waals surface area (Å²) in [6.45, 7) is 2.85. The van der Waals surface area contributed by atoms with Gasteiger partial charge in [-0.2, -0.15) is 10.5 Å². The van der Waals surface area contributed by atoms with E-state index in [1.54, 1.807) is 12.4 Å².